The molecule has 0 radical (unpaired) electrons. The van der Waals surface area contributed by atoms with Crippen molar-refractivity contribution in [2.24, 2.45) is 11.8 Å². The Bertz CT molecular complexity index is 762. The second-order valence-corrected chi connectivity index (χ2v) is 10.0. The number of fused-ring (bicyclic) bond motifs is 1. The van der Waals surface area contributed by atoms with Crippen molar-refractivity contribution in [1.82, 2.24) is 14.3 Å². The summed E-state index contributed by atoms with van der Waals surface area (Å²) in [5.74, 6) is 3.36. The predicted molar refractivity (Wildman–Crippen MR) is 145 cm³/mol. The fraction of sp³-hybridized carbons (Fsp3) is 0.640. The van der Waals surface area contributed by atoms with Gasteiger partial charge in [-0.3, -0.25) is 4.31 Å². The second kappa shape index (κ2) is 17.1. The third-order valence-corrected chi connectivity index (χ3v) is 7.57. The number of aromatic hydroxyl groups is 1. The molecule has 1 aromatic rings. The number of phenols is 1. The number of piperidine rings is 2. The van der Waals surface area contributed by atoms with E-state index in [4.69, 9.17) is 6.42 Å². The molecular weight excluding hydrogens is 471 g/mol. The van der Waals surface area contributed by atoms with Gasteiger partial charge in [0.15, 0.2) is 5.82 Å². The normalized spacial score (nSPS) is 20.7. The molecule has 0 aromatic heterocycles. The molecule has 192 valence electrons. The van der Waals surface area contributed by atoms with Crippen LogP contribution in [0.5, 0.6) is 5.75 Å². The monoisotopic (exact) mass is 512 g/mol. The average molecular weight is 513 g/mol. The largest absolute Gasteiger partial charge is 0.506 e. The number of halogens is 1. The maximum absolute atomic E-state index is 13.9. The van der Waals surface area contributed by atoms with Crippen molar-refractivity contribution in [2.75, 3.05) is 44.1 Å². The number of phenolic OH excluding ortho intramolecular Hbond substituents is 1. The van der Waals surface area contributed by atoms with E-state index in [2.05, 4.69) is 32.2 Å². The summed E-state index contributed by atoms with van der Waals surface area (Å²) in [6.07, 6.45) is 10.0. The molecular formula is C25H41FN4O2S2. The van der Waals surface area contributed by atoms with E-state index in [1.165, 1.54) is 61.9 Å². The number of rotatable bonds is 7. The van der Waals surface area contributed by atoms with Crippen LogP contribution in [0.3, 0.4) is 0 Å². The molecule has 6 nitrogen and oxygen atoms in total. The topological polar surface area (TPSA) is 67.8 Å². The number of anilines is 1. The second-order valence-electron chi connectivity index (χ2n) is 7.62. The molecule has 1 aromatic carbocycles. The minimum absolute atomic E-state index is 0.0328. The highest BCUT2D eigenvalue weighted by atomic mass is 32.2. The fourth-order valence-electron chi connectivity index (χ4n) is 3.81. The maximum atomic E-state index is 13.9. The van der Waals surface area contributed by atoms with Gasteiger partial charge in [-0.2, -0.15) is 0 Å². The number of terminal acetylenes is 1. The van der Waals surface area contributed by atoms with Crippen molar-refractivity contribution in [3.63, 3.8) is 0 Å². The molecule has 0 bridgehead atoms. The number of aldehydes is 1. The van der Waals surface area contributed by atoms with Gasteiger partial charge < -0.3 is 15.2 Å². The summed E-state index contributed by atoms with van der Waals surface area (Å²) in [6, 6.07) is 2.60. The molecule has 2 unspecified atom stereocenters. The highest BCUT2D eigenvalue weighted by Crippen LogP contribution is 2.47. The first-order valence-electron chi connectivity index (χ1n) is 12.2. The summed E-state index contributed by atoms with van der Waals surface area (Å²) in [4.78, 5) is 10.5. The molecule has 3 aliphatic rings. The third kappa shape index (κ3) is 9.31. The number of hydrogen-bond donors (Lipinski definition) is 3. The molecule has 2 atom stereocenters. The van der Waals surface area contributed by atoms with Gasteiger partial charge in [-0.15, -0.1) is 6.42 Å². The van der Waals surface area contributed by atoms with Crippen LogP contribution in [-0.2, 0) is 4.79 Å². The van der Waals surface area contributed by atoms with Crippen molar-refractivity contribution in [1.29, 1.82) is 0 Å². The quantitative estimate of drug-likeness (QED) is 0.276. The Morgan fingerprint density at radius 3 is 2.41 bits per heavy atom. The van der Waals surface area contributed by atoms with Crippen LogP contribution < -0.4 is 14.3 Å². The van der Waals surface area contributed by atoms with Crippen LogP contribution in [0.4, 0.5) is 10.1 Å². The lowest BCUT2D eigenvalue weighted by Crippen LogP contribution is -2.31. The Kier molecular flexibility index (Phi) is 15.4. The summed E-state index contributed by atoms with van der Waals surface area (Å²) in [5, 5.41) is 14.0. The first-order valence-corrected chi connectivity index (χ1v) is 13.8. The van der Waals surface area contributed by atoms with E-state index in [1.54, 1.807) is 7.05 Å². The highest BCUT2D eigenvalue weighted by Gasteiger charge is 2.45. The summed E-state index contributed by atoms with van der Waals surface area (Å²) in [7, 11) is 1.61. The molecule has 4 rings (SSSR count). The molecule has 9 heteroatoms. The Morgan fingerprint density at radius 2 is 1.88 bits per heavy atom. The zero-order valence-corrected chi connectivity index (χ0v) is 22.8. The van der Waals surface area contributed by atoms with Crippen LogP contribution in [0.1, 0.15) is 52.5 Å². The molecule has 1 saturated carbocycles. The van der Waals surface area contributed by atoms with Gasteiger partial charge in [0, 0.05) is 30.5 Å². The smallest absolute Gasteiger partial charge is 0.166 e. The fourth-order valence-corrected chi connectivity index (χ4v) is 5.85. The van der Waals surface area contributed by atoms with E-state index in [0.717, 1.165) is 29.2 Å². The van der Waals surface area contributed by atoms with Gasteiger partial charge in [0.2, 0.25) is 0 Å². The molecule has 3 fully saturated rings. The van der Waals surface area contributed by atoms with E-state index < -0.39 is 5.82 Å². The molecule has 0 amide bonds. The Labute approximate surface area is 214 Å². The van der Waals surface area contributed by atoms with Gasteiger partial charge in [0.1, 0.15) is 17.7 Å². The Balaban J connectivity index is 0.000000302. The lowest BCUT2D eigenvalue weighted by atomic mass is 10.1. The summed E-state index contributed by atoms with van der Waals surface area (Å²) < 4.78 is 20.5. The van der Waals surface area contributed by atoms with Gasteiger partial charge in [0.05, 0.1) is 12.1 Å². The number of carbonyl (C=O) groups is 1. The zero-order chi connectivity index (χ0) is 25.5. The predicted octanol–water partition coefficient (Wildman–Crippen LogP) is 4.69. The first kappa shape index (κ1) is 30.6. The first-order chi connectivity index (χ1) is 16.6. The summed E-state index contributed by atoms with van der Waals surface area (Å²) in [6.45, 7) is 13.2. The van der Waals surface area contributed by atoms with E-state index in [1.807, 2.05) is 27.7 Å². The van der Waals surface area contributed by atoms with E-state index >= 15 is 0 Å². The number of nitrogens with one attached hydrogen (secondary N) is 2. The van der Waals surface area contributed by atoms with Gasteiger partial charge >= 0.3 is 0 Å². The molecule has 2 saturated heterocycles. The van der Waals surface area contributed by atoms with Crippen molar-refractivity contribution in [3.8, 4) is 18.1 Å². The van der Waals surface area contributed by atoms with Crippen LogP contribution in [0.25, 0.3) is 0 Å². The molecule has 0 spiro atoms. The lowest BCUT2D eigenvalue weighted by Gasteiger charge is -2.27. The molecule has 34 heavy (non-hydrogen) atoms. The minimum atomic E-state index is -0.725. The number of nitrogens with zero attached hydrogens (tertiary/aromatic N) is 2. The number of benzene rings is 1. The van der Waals surface area contributed by atoms with Crippen molar-refractivity contribution < 1.29 is 14.3 Å². The van der Waals surface area contributed by atoms with E-state index in [0.29, 0.717) is 6.29 Å². The summed E-state index contributed by atoms with van der Waals surface area (Å²) >= 11 is 3.14. The lowest BCUT2D eigenvalue weighted by molar-refractivity contribution is -0.106. The molecule has 3 N–H and O–H groups in total. The zero-order valence-electron chi connectivity index (χ0n) is 21.1. The van der Waals surface area contributed by atoms with Gasteiger partial charge in [-0.25, -0.2) is 13.4 Å². The van der Waals surface area contributed by atoms with Crippen molar-refractivity contribution in [3.05, 3.63) is 23.5 Å². The van der Waals surface area contributed by atoms with E-state index in [-0.39, 0.29) is 23.5 Å². The van der Waals surface area contributed by atoms with Crippen LogP contribution in [-0.4, -0.2) is 60.7 Å². The number of hydrogen-bond acceptors (Lipinski definition) is 8. The summed E-state index contributed by atoms with van der Waals surface area (Å²) in [5.41, 5.74) is -0.0719. The van der Waals surface area contributed by atoms with Crippen LogP contribution in [0.15, 0.2) is 12.1 Å². The van der Waals surface area contributed by atoms with Crippen LogP contribution in [0, 0.1) is 30.0 Å². The third-order valence-electron chi connectivity index (χ3n) is 5.47. The molecule has 1 aliphatic carbocycles. The van der Waals surface area contributed by atoms with E-state index in [9.17, 15) is 14.3 Å². The Hall–Kier alpha value is -1.44. The van der Waals surface area contributed by atoms with Crippen LogP contribution in [0.2, 0.25) is 0 Å². The highest BCUT2D eigenvalue weighted by molar-refractivity contribution is 7.98. The molecule has 2 heterocycles. The Morgan fingerprint density at radius 1 is 1.26 bits per heavy atom. The standard InChI is InChI=1S/C11H11FN2O2S.C10H18N2S.2C2H6/c1-3-8-4-5-9(16)11(10(8)12)14(6-7-15)17-13-2;1-3-11-4-2-10(1)13-12-6-8-5-9(8)7-12;2*1-2/h1,4-5,7,13,16H,6H2,2H3;8-11H,1-7H2;2*1-2H3. The van der Waals surface area contributed by atoms with Gasteiger partial charge in [0.25, 0.3) is 0 Å². The SMILES string of the molecule is C#Cc1ccc(O)c(N(CC=O)SNC)c1F.C1CC(SN2CC3CC3C2)CCN1.CC.CC. The van der Waals surface area contributed by atoms with Gasteiger partial charge in [-0.1, -0.05) is 45.6 Å². The number of carbonyl (C=O) groups excluding carboxylic acids is 1. The minimum Gasteiger partial charge on any atom is -0.506 e. The van der Waals surface area contributed by atoms with Crippen molar-refractivity contribution >= 4 is 36.1 Å². The van der Waals surface area contributed by atoms with Gasteiger partial charge in [-0.05, 0) is 63.4 Å². The van der Waals surface area contributed by atoms with Crippen LogP contribution >= 0.6 is 24.1 Å². The van der Waals surface area contributed by atoms with Crippen molar-refractivity contribution in [2.45, 2.75) is 52.2 Å². The average Bonchev–Trinajstić information content (AvgIpc) is 3.48. The molecule has 2 aliphatic heterocycles. The maximum Gasteiger partial charge on any atom is 0.166 e.